The van der Waals surface area contributed by atoms with E-state index in [2.05, 4.69) is 9.88 Å². The van der Waals surface area contributed by atoms with Crippen molar-refractivity contribution in [1.82, 2.24) is 9.88 Å². The van der Waals surface area contributed by atoms with Crippen LogP contribution in [0.25, 0.3) is 0 Å². The summed E-state index contributed by atoms with van der Waals surface area (Å²) >= 11 is 0. The number of rotatable bonds is 3. The second-order valence-corrected chi connectivity index (χ2v) is 8.33. The van der Waals surface area contributed by atoms with Gasteiger partial charge in [-0.05, 0) is 25.3 Å². The molecular weight excluding hydrogens is 302 g/mol. The standard InChI is InChI=1S/C15H21N3O3S/c1-17(13-4-7-22(20,21)11-13)15(19)12-8-14(10-16-9-12)18-5-2-3-6-18/h8-10,13H,2-7,11H2,1H3. The molecule has 0 spiro atoms. The van der Waals surface area contributed by atoms with Crippen molar-refractivity contribution in [3.05, 3.63) is 24.0 Å². The van der Waals surface area contributed by atoms with Gasteiger partial charge >= 0.3 is 0 Å². The number of pyridine rings is 1. The van der Waals surface area contributed by atoms with Gasteiger partial charge in [-0.2, -0.15) is 0 Å². The molecule has 0 bridgehead atoms. The Morgan fingerprint density at radius 1 is 1.32 bits per heavy atom. The highest BCUT2D eigenvalue weighted by Crippen LogP contribution is 2.22. The molecular formula is C15H21N3O3S. The molecule has 1 atom stereocenters. The average Bonchev–Trinajstić information content (AvgIpc) is 3.15. The van der Waals surface area contributed by atoms with Gasteiger partial charge in [-0.3, -0.25) is 9.78 Å². The van der Waals surface area contributed by atoms with Crippen molar-refractivity contribution in [2.45, 2.75) is 25.3 Å². The molecule has 1 amide bonds. The summed E-state index contributed by atoms with van der Waals surface area (Å²) in [6.45, 7) is 1.99. The predicted octanol–water partition coefficient (Wildman–Crippen LogP) is 0.941. The molecule has 3 heterocycles. The number of sulfone groups is 1. The van der Waals surface area contributed by atoms with E-state index in [0.717, 1.165) is 31.6 Å². The second kappa shape index (κ2) is 5.87. The SMILES string of the molecule is CN(C(=O)c1cncc(N2CCCC2)c1)C1CCS(=O)(=O)C1. The van der Waals surface area contributed by atoms with E-state index in [1.165, 1.54) is 0 Å². The maximum Gasteiger partial charge on any atom is 0.255 e. The van der Waals surface area contributed by atoms with Gasteiger partial charge in [0.25, 0.3) is 5.91 Å². The topological polar surface area (TPSA) is 70.6 Å². The maximum atomic E-state index is 12.6. The van der Waals surface area contributed by atoms with Gasteiger partial charge in [0.15, 0.2) is 9.84 Å². The van der Waals surface area contributed by atoms with Gasteiger partial charge in [0.2, 0.25) is 0 Å². The summed E-state index contributed by atoms with van der Waals surface area (Å²) in [5.41, 5.74) is 1.49. The molecule has 0 radical (unpaired) electrons. The maximum absolute atomic E-state index is 12.6. The van der Waals surface area contributed by atoms with Gasteiger partial charge < -0.3 is 9.80 Å². The molecule has 2 fully saturated rings. The molecule has 2 aliphatic heterocycles. The van der Waals surface area contributed by atoms with Crippen LogP contribution in [-0.4, -0.2) is 61.9 Å². The number of hydrogen-bond acceptors (Lipinski definition) is 5. The van der Waals surface area contributed by atoms with Crippen molar-refractivity contribution < 1.29 is 13.2 Å². The van der Waals surface area contributed by atoms with Crippen LogP contribution >= 0.6 is 0 Å². The van der Waals surface area contributed by atoms with Crippen molar-refractivity contribution in [2.24, 2.45) is 0 Å². The van der Waals surface area contributed by atoms with Crippen molar-refractivity contribution in [2.75, 3.05) is 36.5 Å². The lowest BCUT2D eigenvalue weighted by atomic mass is 10.2. The lowest BCUT2D eigenvalue weighted by Crippen LogP contribution is -2.38. The third-order valence-corrected chi connectivity index (χ3v) is 6.27. The summed E-state index contributed by atoms with van der Waals surface area (Å²) in [7, 11) is -1.32. The van der Waals surface area contributed by atoms with E-state index in [9.17, 15) is 13.2 Å². The Morgan fingerprint density at radius 2 is 2.05 bits per heavy atom. The van der Waals surface area contributed by atoms with Crippen LogP contribution in [0, 0.1) is 0 Å². The normalized spacial score (nSPS) is 23.7. The van der Waals surface area contributed by atoms with E-state index in [1.807, 2.05) is 6.07 Å². The Labute approximate surface area is 131 Å². The van der Waals surface area contributed by atoms with Crippen LogP contribution < -0.4 is 4.90 Å². The number of anilines is 1. The van der Waals surface area contributed by atoms with E-state index < -0.39 is 9.84 Å². The van der Waals surface area contributed by atoms with E-state index >= 15 is 0 Å². The van der Waals surface area contributed by atoms with Gasteiger partial charge in [-0.25, -0.2) is 8.42 Å². The summed E-state index contributed by atoms with van der Waals surface area (Å²) in [6.07, 6.45) is 6.18. The monoisotopic (exact) mass is 323 g/mol. The summed E-state index contributed by atoms with van der Waals surface area (Å²) in [6, 6.07) is 1.63. The van der Waals surface area contributed by atoms with Crippen LogP contribution in [0.5, 0.6) is 0 Å². The fourth-order valence-electron chi connectivity index (χ4n) is 3.14. The van der Waals surface area contributed by atoms with Gasteiger partial charge in [-0.15, -0.1) is 0 Å². The quantitative estimate of drug-likeness (QED) is 0.828. The Balaban J connectivity index is 1.75. The first-order valence-corrected chi connectivity index (χ1v) is 9.46. The van der Waals surface area contributed by atoms with E-state index in [0.29, 0.717) is 12.0 Å². The van der Waals surface area contributed by atoms with Gasteiger partial charge in [-0.1, -0.05) is 0 Å². The highest BCUT2D eigenvalue weighted by molar-refractivity contribution is 7.91. The molecule has 0 aliphatic carbocycles. The number of aromatic nitrogens is 1. The first-order valence-electron chi connectivity index (χ1n) is 7.64. The van der Waals surface area contributed by atoms with Gasteiger partial charge in [0.1, 0.15) is 0 Å². The average molecular weight is 323 g/mol. The molecule has 2 aliphatic rings. The molecule has 1 aromatic heterocycles. The molecule has 0 N–H and O–H groups in total. The number of hydrogen-bond donors (Lipinski definition) is 0. The van der Waals surface area contributed by atoms with E-state index in [-0.39, 0.29) is 23.5 Å². The molecule has 0 aromatic carbocycles. The largest absolute Gasteiger partial charge is 0.370 e. The predicted molar refractivity (Wildman–Crippen MR) is 84.8 cm³/mol. The van der Waals surface area contributed by atoms with Crippen LogP contribution in [0.2, 0.25) is 0 Å². The van der Waals surface area contributed by atoms with Crippen LogP contribution in [0.4, 0.5) is 5.69 Å². The first-order chi connectivity index (χ1) is 10.5. The third-order valence-electron chi connectivity index (χ3n) is 4.52. The van der Waals surface area contributed by atoms with Crippen LogP contribution in [-0.2, 0) is 9.84 Å². The molecule has 3 rings (SSSR count). The summed E-state index contributed by atoms with van der Waals surface area (Å²) in [4.78, 5) is 20.5. The second-order valence-electron chi connectivity index (χ2n) is 6.10. The summed E-state index contributed by atoms with van der Waals surface area (Å²) in [5, 5.41) is 0. The summed E-state index contributed by atoms with van der Waals surface area (Å²) < 4.78 is 23.2. The van der Waals surface area contributed by atoms with Crippen LogP contribution in [0.3, 0.4) is 0 Å². The Bertz CT molecular complexity index is 668. The van der Waals surface area contributed by atoms with E-state index in [1.54, 1.807) is 24.3 Å². The molecule has 1 unspecified atom stereocenters. The van der Waals surface area contributed by atoms with Gasteiger partial charge in [0.05, 0.1) is 29.0 Å². The molecule has 120 valence electrons. The number of carbonyl (C=O) groups excluding carboxylic acids is 1. The fourth-order valence-corrected chi connectivity index (χ4v) is 4.92. The smallest absolute Gasteiger partial charge is 0.255 e. The molecule has 7 heteroatoms. The minimum absolute atomic E-state index is 0.0640. The van der Waals surface area contributed by atoms with E-state index in [4.69, 9.17) is 0 Å². The summed E-state index contributed by atoms with van der Waals surface area (Å²) in [5.74, 6) is 0.0752. The zero-order valence-corrected chi connectivity index (χ0v) is 13.6. The first kappa shape index (κ1) is 15.3. The van der Waals surface area contributed by atoms with Gasteiger partial charge in [0, 0.05) is 32.4 Å². The zero-order chi connectivity index (χ0) is 15.7. The Hall–Kier alpha value is -1.63. The molecule has 2 saturated heterocycles. The van der Waals surface area contributed by atoms with Crippen LogP contribution in [0.15, 0.2) is 18.5 Å². The lowest BCUT2D eigenvalue weighted by Gasteiger charge is -2.24. The van der Waals surface area contributed by atoms with Crippen molar-refractivity contribution in [1.29, 1.82) is 0 Å². The van der Waals surface area contributed by atoms with Crippen molar-refractivity contribution >= 4 is 21.4 Å². The zero-order valence-electron chi connectivity index (χ0n) is 12.7. The minimum Gasteiger partial charge on any atom is -0.370 e. The number of amides is 1. The Kier molecular flexibility index (Phi) is 4.08. The lowest BCUT2D eigenvalue weighted by molar-refractivity contribution is 0.0747. The molecule has 0 saturated carbocycles. The molecule has 6 nitrogen and oxygen atoms in total. The van der Waals surface area contributed by atoms with Crippen LogP contribution in [0.1, 0.15) is 29.6 Å². The fraction of sp³-hybridized carbons (Fsp3) is 0.600. The van der Waals surface area contributed by atoms with Crippen molar-refractivity contribution in [3.8, 4) is 0 Å². The minimum atomic E-state index is -3.00. The Morgan fingerprint density at radius 3 is 2.68 bits per heavy atom. The van der Waals surface area contributed by atoms with Crippen molar-refractivity contribution in [3.63, 3.8) is 0 Å². The molecule has 1 aromatic rings. The third kappa shape index (κ3) is 3.09. The number of carbonyl (C=O) groups is 1. The molecule has 22 heavy (non-hydrogen) atoms. The highest BCUT2D eigenvalue weighted by Gasteiger charge is 2.33. The number of nitrogens with zero attached hydrogens (tertiary/aromatic N) is 3. The highest BCUT2D eigenvalue weighted by atomic mass is 32.2.